The maximum absolute atomic E-state index is 14.6. The van der Waals surface area contributed by atoms with E-state index in [1.54, 1.807) is 31.4 Å². The Labute approximate surface area is 175 Å². The maximum Gasteiger partial charge on any atom is 0.251 e. The normalized spacial score (nSPS) is 21.7. The number of anilines is 1. The molecule has 2 aromatic carbocycles. The standard InChI is InChI=1S/C24H25FN2O3/c1-30-21-13-7-2-8-17(21)14-15-24(23(29)26-18-9-3-4-10-18)16-22(28)27(24)20-12-6-5-11-19(20)25/h2,5-8,11-15,18H,3-4,9-10,16H2,1H3,(H,26,29)/b15-14+/t24-/m0/s1. The second kappa shape index (κ2) is 8.30. The molecule has 0 bridgehead atoms. The van der Waals surface area contributed by atoms with E-state index in [0.29, 0.717) is 5.75 Å². The Kier molecular flexibility index (Phi) is 5.57. The van der Waals surface area contributed by atoms with Gasteiger partial charge >= 0.3 is 0 Å². The van der Waals surface area contributed by atoms with E-state index in [-0.39, 0.29) is 30.0 Å². The molecule has 0 unspecified atom stereocenters. The minimum atomic E-state index is -1.28. The summed E-state index contributed by atoms with van der Waals surface area (Å²) in [5.41, 5.74) is -0.385. The van der Waals surface area contributed by atoms with Crippen molar-refractivity contribution in [1.29, 1.82) is 0 Å². The fourth-order valence-corrected chi connectivity index (χ4v) is 4.31. The number of hydrogen-bond donors (Lipinski definition) is 1. The van der Waals surface area contributed by atoms with Crippen LogP contribution in [0.4, 0.5) is 10.1 Å². The predicted molar refractivity (Wildman–Crippen MR) is 114 cm³/mol. The molecule has 4 rings (SSSR count). The second-order valence-electron chi connectivity index (χ2n) is 7.81. The van der Waals surface area contributed by atoms with Crippen LogP contribution in [0.5, 0.6) is 5.75 Å². The molecule has 1 heterocycles. The van der Waals surface area contributed by atoms with E-state index in [0.717, 1.165) is 31.2 Å². The van der Waals surface area contributed by atoms with Crippen LogP contribution in [0.1, 0.15) is 37.7 Å². The third kappa shape index (κ3) is 3.58. The molecule has 1 saturated heterocycles. The molecular formula is C24H25FN2O3. The van der Waals surface area contributed by atoms with Gasteiger partial charge in [-0.05, 0) is 37.1 Å². The van der Waals surface area contributed by atoms with Crippen LogP contribution in [-0.2, 0) is 9.59 Å². The highest BCUT2D eigenvalue weighted by Gasteiger charge is 2.56. The largest absolute Gasteiger partial charge is 0.496 e. The van der Waals surface area contributed by atoms with Crippen LogP contribution in [0.2, 0.25) is 0 Å². The first-order valence-corrected chi connectivity index (χ1v) is 10.3. The predicted octanol–water partition coefficient (Wildman–Crippen LogP) is 4.08. The summed E-state index contributed by atoms with van der Waals surface area (Å²) >= 11 is 0. The molecule has 30 heavy (non-hydrogen) atoms. The molecule has 0 spiro atoms. The van der Waals surface area contributed by atoms with Gasteiger partial charge in [-0.3, -0.25) is 14.5 Å². The zero-order valence-corrected chi connectivity index (χ0v) is 16.9. The number of halogens is 1. The zero-order valence-electron chi connectivity index (χ0n) is 16.9. The van der Waals surface area contributed by atoms with Gasteiger partial charge in [-0.2, -0.15) is 0 Å². The molecular weight excluding hydrogens is 383 g/mol. The Morgan fingerprint density at radius 3 is 2.57 bits per heavy atom. The topological polar surface area (TPSA) is 58.6 Å². The van der Waals surface area contributed by atoms with Gasteiger partial charge in [-0.1, -0.05) is 49.2 Å². The van der Waals surface area contributed by atoms with Gasteiger partial charge in [0.05, 0.1) is 19.2 Å². The average Bonchev–Trinajstić information content (AvgIpc) is 3.25. The number of para-hydroxylation sites is 2. The molecule has 6 heteroatoms. The van der Waals surface area contributed by atoms with Gasteiger partial charge in [0.15, 0.2) is 5.54 Å². The number of nitrogens with one attached hydrogen (secondary N) is 1. The Bertz CT molecular complexity index is 984. The Morgan fingerprint density at radius 1 is 1.17 bits per heavy atom. The highest BCUT2D eigenvalue weighted by molar-refractivity contribution is 6.15. The Morgan fingerprint density at radius 2 is 1.87 bits per heavy atom. The van der Waals surface area contributed by atoms with E-state index in [1.807, 2.05) is 24.3 Å². The summed E-state index contributed by atoms with van der Waals surface area (Å²) < 4.78 is 19.9. The highest BCUT2D eigenvalue weighted by atomic mass is 19.1. The summed E-state index contributed by atoms with van der Waals surface area (Å²) in [4.78, 5) is 27.3. The van der Waals surface area contributed by atoms with Crippen LogP contribution in [0, 0.1) is 5.82 Å². The van der Waals surface area contributed by atoms with Crippen molar-refractivity contribution in [3.05, 3.63) is 66.0 Å². The van der Waals surface area contributed by atoms with E-state index >= 15 is 0 Å². The fraction of sp³-hybridized carbons (Fsp3) is 0.333. The number of β-lactam (4-membered cyclic amide) rings is 1. The lowest BCUT2D eigenvalue weighted by atomic mass is 9.80. The van der Waals surface area contributed by atoms with Gasteiger partial charge < -0.3 is 10.1 Å². The first-order valence-electron chi connectivity index (χ1n) is 10.3. The van der Waals surface area contributed by atoms with Gasteiger partial charge in [0.25, 0.3) is 5.91 Å². The number of carbonyl (C=O) groups excluding carboxylic acids is 2. The van der Waals surface area contributed by atoms with Crippen LogP contribution in [-0.4, -0.2) is 30.5 Å². The van der Waals surface area contributed by atoms with E-state index in [9.17, 15) is 14.0 Å². The molecule has 5 nitrogen and oxygen atoms in total. The van der Waals surface area contributed by atoms with Crippen molar-refractivity contribution in [3.63, 3.8) is 0 Å². The number of nitrogens with zero attached hydrogens (tertiary/aromatic N) is 1. The minimum Gasteiger partial charge on any atom is -0.496 e. The Balaban J connectivity index is 1.73. The quantitative estimate of drug-likeness (QED) is 0.733. The second-order valence-corrected chi connectivity index (χ2v) is 7.81. The van der Waals surface area contributed by atoms with Gasteiger partial charge in [-0.15, -0.1) is 0 Å². The summed E-state index contributed by atoms with van der Waals surface area (Å²) in [5.74, 6) is -0.438. The van der Waals surface area contributed by atoms with Crippen molar-refractivity contribution in [3.8, 4) is 5.75 Å². The maximum atomic E-state index is 14.6. The summed E-state index contributed by atoms with van der Waals surface area (Å²) in [6.07, 6.45) is 7.45. The molecule has 1 atom stereocenters. The molecule has 0 radical (unpaired) electrons. The molecule has 2 fully saturated rings. The molecule has 1 aliphatic heterocycles. The number of rotatable bonds is 6. The number of methoxy groups -OCH3 is 1. The summed E-state index contributed by atoms with van der Waals surface area (Å²) in [6.45, 7) is 0. The minimum absolute atomic E-state index is 0.00840. The SMILES string of the molecule is COc1ccccc1/C=C/[C@@]1(C(=O)NC2CCCC2)CC(=O)N1c1ccccc1F. The lowest BCUT2D eigenvalue weighted by molar-refractivity contribution is -0.137. The Hall–Kier alpha value is -3.15. The van der Waals surface area contributed by atoms with Gasteiger partial charge in [0.2, 0.25) is 5.91 Å². The monoisotopic (exact) mass is 408 g/mol. The van der Waals surface area contributed by atoms with Crippen LogP contribution in [0.15, 0.2) is 54.6 Å². The summed E-state index contributed by atoms with van der Waals surface area (Å²) in [6, 6.07) is 13.6. The van der Waals surface area contributed by atoms with Crippen LogP contribution >= 0.6 is 0 Å². The summed E-state index contributed by atoms with van der Waals surface area (Å²) in [7, 11) is 1.58. The van der Waals surface area contributed by atoms with Crippen molar-refractivity contribution in [2.45, 2.75) is 43.7 Å². The molecule has 2 aliphatic rings. The fourth-order valence-electron chi connectivity index (χ4n) is 4.31. The molecule has 1 saturated carbocycles. The number of hydrogen-bond acceptors (Lipinski definition) is 3. The van der Waals surface area contributed by atoms with Crippen molar-refractivity contribution in [1.82, 2.24) is 5.32 Å². The number of amides is 2. The highest BCUT2D eigenvalue weighted by Crippen LogP contribution is 2.41. The number of carbonyl (C=O) groups is 2. The van der Waals surface area contributed by atoms with E-state index in [4.69, 9.17) is 4.74 Å². The van der Waals surface area contributed by atoms with E-state index in [2.05, 4.69) is 5.32 Å². The zero-order chi connectivity index (χ0) is 21.1. The molecule has 2 amide bonds. The van der Waals surface area contributed by atoms with Crippen molar-refractivity contribution in [2.24, 2.45) is 0 Å². The van der Waals surface area contributed by atoms with Gasteiger partial charge in [0, 0.05) is 11.6 Å². The smallest absolute Gasteiger partial charge is 0.251 e. The van der Waals surface area contributed by atoms with Crippen molar-refractivity contribution in [2.75, 3.05) is 12.0 Å². The molecule has 1 aliphatic carbocycles. The lowest BCUT2D eigenvalue weighted by Gasteiger charge is -2.49. The van der Waals surface area contributed by atoms with Crippen LogP contribution in [0.25, 0.3) is 6.08 Å². The first-order chi connectivity index (χ1) is 14.5. The summed E-state index contributed by atoms with van der Waals surface area (Å²) in [5, 5.41) is 3.09. The van der Waals surface area contributed by atoms with Gasteiger partial charge in [0.1, 0.15) is 11.6 Å². The van der Waals surface area contributed by atoms with E-state index < -0.39 is 11.4 Å². The molecule has 1 N–H and O–H groups in total. The average molecular weight is 408 g/mol. The van der Waals surface area contributed by atoms with Crippen molar-refractivity contribution < 1.29 is 18.7 Å². The van der Waals surface area contributed by atoms with Crippen LogP contribution < -0.4 is 15.0 Å². The molecule has 2 aromatic rings. The van der Waals surface area contributed by atoms with Gasteiger partial charge in [-0.25, -0.2) is 4.39 Å². The third-order valence-corrected chi connectivity index (χ3v) is 5.92. The van der Waals surface area contributed by atoms with E-state index in [1.165, 1.54) is 17.0 Å². The molecule has 0 aromatic heterocycles. The number of benzene rings is 2. The lowest BCUT2D eigenvalue weighted by Crippen LogP contribution is -2.70. The third-order valence-electron chi connectivity index (χ3n) is 5.92. The van der Waals surface area contributed by atoms with Crippen molar-refractivity contribution >= 4 is 23.6 Å². The number of ether oxygens (including phenoxy) is 1. The molecule has 156 valence electrons. The first kappa shape index (κ1) is 20.1. The van der Waals surface area contributed by atoms with Crippen LogP contribution in [0.3, 0.4) is 0 Å².